The maximum atomic E-state index is 13.0. The van der Waals surface area contributed by atoms with Crippen LogP contribution in [-0.2, 0) is 16.0 Å². The van der Waals surface area contributed by atoms with Crippen LogP contribution in [0.15, 0.2) is 51.9 Å². The van der Waals surface area contributed by atoms with Crippen molar-refractivity contribution in [3.8, 4) is 0 Å². The highest BCUT2D eigenvalue weighted by Gasteiger charge is 2.45. The number of nitrogens with zero attached hydrogens (tertiary/aromatic N) is 3. The lowest BCUT2D eigenvalue weighted by atomic mass is 9.92. The van der Waals surface area contributed by atoms with Crippen LogP contribution in [0.2, 0.25) is 5.02 Å². The van der Waals surface area contributed by atoms with E-state index in [9.17, 15) is 14.4 Å². The van der Waals surface area contributed by atoms with Crippen molar-refractivity contribution in [2.75, 3.05) is 20.6 Å². The van der Waals surface area contributed by atoms with Crippen molar-refractivity contribution in [3.05, 3.63) is 68.8 Å². The minimum Gasteiger partial charge on any atom is -0.358 e. The Bertz CT molecular complexity index is 1280. The van der Waals surface area contributed by atoms with E-state index in [4.69, 9.17) is 16.6 Å². The van der Waals surface area contributed by atoms with E-state index in [1.54, 1.807) is 24.3 Å². The number of hydrogen-bond donors (Lipinski definition) is 1. The third-order valence-corrected chi connectivity index (χ3v) is 6.61. The largest absolute Gasteiger partial charge is 0.358 e. The number of imide groups is 2. The van der Waals surface area contributed by atoms with Crippen LogP contribution in [0, 0.1) is 12.8 Å². The number of rotatable bonds is 5. The first kappa shape index (κ1) is 23.2. The molecule has 0 saturated carbocycles. The molecule has 1 aliphatic rings. The van der Waals surface area contributed by atoms with Crippen LogP contribution in [-0.4, -0.2) is 59.0 Å². The number of fused-ring (bicyclic) bond motifs is 1. The third kappa shape index (κ3) is 4.32. The number of aromatic amines is 1. The number of aryl methyl sites for hydroxylation is 1. The number of amides is 4. The zero-order valence-corrected chi connectivity index (χ0v) is 20.7. The van der Waals surface area contributed by atoms with Crippen LogP contribution in [0.1, 0.15) is 16.8 Å². The van der Waals surface area contributed by atoms with Crippen LogP contribution < -0.4 is 0 Å². The molecular formula is C24H22BrClN4O3. The first-order valence-electron chi connectivity index (χ1n) is 10.3. The highest BCUT2D eigenvalue weighted by atomic mass is 79.9. The van der Waals surface area contributed by atoms with Gasteiger partial charge in [-0.2, -0.15) is 0 Å². The van der Waals surface area contributed by atoms with Gasteiger partial charge in [0.1, 0.15) is 0 Å². The molecule has 0 unspecified atom stereocenters. The Morgan fingerprint density at radius 1 is 1.06 bits per heavy atom. The van der Waals surface area contributed by atoms with E-state index in [-0.39, 0.29) is 0 Å². The molecule has 0 aliphatic carbocycles. The molecule has 0 spiro atoms. The Hall–Kier alpha value is -2.97. The maximum absolute atomic E-state index is 13.0. The van der Waals surface area contributed by atoms with E-state index in [1.165, 1.54) is 14.1 Å². The minimum atomic E-state index is -1.20. The summed E-state index contributed by atoms with van der Waals surface area (Å²) in [5.74, 6) is -2.38. The fraction of sp³-hybridized carbons (Fsp3) is 0.250. The highest BCUT2D eigenvalue weighted by Crippen LogP contribution is 2.27. The van der Waals surface area contributed by atoms with Crippen LogP contribution in [0.4, 0.5) is 4.79 Å². The number of H-pyrrole nitrogens is 1. The Kier molecular flexibility index (Phi) is 6.41. The monoisotopic (exact) mass is 528 g/mol. The smallest absolute Gasteiger partial charge is 0.332 e. The van der Waals surface area contributed by atoms with E-state index in [0.717, 1.165) is 36.4 Å². The standard InChI is InChI=1S/C24H22BrClN4O3/c1-13-17(18-12-15(25)6-9-19(18)28-13)10-11-27-21(14-4-7-16(26)8-5-14)20-22(31)29(2)24(33)30(3)23(20)32/h4-9,12,20,28H,10-11H2,1-3H3. The van der Waals surface area contributed by atoms with Gasteiger partial charge in [-0.15, -0.1) is 0 Å². The maximum Gasteiger partial charge on any atom is 0.332 e. The predicted octanol–water partition coefficient (Wildman–Crippen LogP) is 4.59. The van der Waals surface area contributed by atoms with Crippen LogP contribution in [0.25, 0.3) is 10.9 Å². The average Bonchev–Trinajstić information content (AvgIpc) is 3.10. The summed E-state index contributed by atoms with van der Waals surface area (Å²) in [6, 6.07) is 12.2. The molecule has 33 heavy (non-hydrogen) atoms. The van der Waals surface area contributed by atoms with Crippen LogP contribution in [0.5, 0.6) is 0 Å². The Labute approximate surface area is 204 Å². The molecule has 7 nitrogen and oxygen atoms in total. The molecule has 2 aromatic carbocycles. The molecule has 170 valence electrons. The van der Waals surface area contributed by atoms with Gasteiger partial charge in [-0.25, -0.2) is 4.79 Å². The number of nitrogens with one attached hydrogen (secondary N) is 1. The zero-order valence-electron chi connectivity index (χ0n) is 18.4. The van der Waals surface area contributed by atoms with Crippen molar-refractivity contribution >= 4 is 62.0 Å². The first-order valence-corrected chi connectivity index (χ1v) is 11.5. The zero-order chi connectivity index (χ0) is 23.9. The van der Waals surface area contributed by atoms with Crippen molar-refractivity contribution < 1.29 is 14.4 Å². The van der Waals surface area contributed by atoms with Crippen molar-refractivity contribution in [1.29, 1.82) is 0 Å². The van der Waals surface area contributed by atoms with Crippen LogP contribution >= 0.6 is 27.5 Å². The van der Waals surface area contributed by atoms with E-state index in [0.29, 0.717) is 29.3 Å². The van der Waals surface area contributed by atoms with Gasteiger partial charge in [0.05, 0.1) is 5.71 Å². The predicted molar refractivity (Wildman–Crippen MR) is 132 cm³/mol. The molecule has 4 amide bonds. The van der Waals surface area contributed by atoms with Gasteiger partial charge in [0.15, 0.2) is 5.92 Å². The lowest BCUT2D eigenvalue weighted by molar-refractivity contribution is -0.144. The summed E-state index contributed by atoms with van der Waals surface area (Å²) < 4.78 is 0.981. The molecule has 1 fully saturated rings. The molecular weight excluding hydrogens is 508 g/mol. The van der Waals surface area contributed by atoms with Gasteiger partial charge < -0.3 is 4.98 Å². The minimum absolute atomic E-state index is 0.326. The molecule has 1 aliphatic heterocycles. The summed E-state index contributed by atoms with van der Waals surface area (Å²) in [6.45, 7) is 2.37. The lowest BCUT2D eigenvalue weighted by Gasteiger charge is -2.33. The highest BCUT2D eigenvalue weighted by molar-refractivity contribution is 9.10. The molecule has 0 atom stereocenters. The number of benzene rings is 2. The number of urea groups is 1. The van der Waals surface area contributed by atoms with Crippen molar-refractivity contribution in [2.24, 2.45) is 10.9 Å². The van der Waals surface area contributed by atoms with Crippen molar-refractivity contribution in [1.82, 2.24) is 14.8 Å². The summed E-state index contributed by atoms with van der Waals surface area (Å²) in [4.78, 5) is 48.2. The Morgan fingerprint density at radius 3 is 2.33 bits per heavy atom. The second kappa shape index (κ2) is 9.11. The fourth-order valence-electron chi connectivity index (χ4n) is 4.08. The van der Waals surface area contributed by atoms with E-state index >= 15 is 0 Å². The quantitative estimate of drug-likeness (QED) is 0.387. The second-order valence-corrected chi connectivity index (χ2v) is 9.30. The molecule has 3 aromatic rings. The van der Waals surface area contributed by atoms with E-state index < -0.39 is 23.8 Å². The SMILES string of the molecule is Cc1[nH]c2ccc(Br)cc2c1CCN=C(c1ccc(Cl)cc1)C1C(=O)N(C)C(=O)N(C)C1=O. The lowest BCUT2D eigenvalue weighted by Crippen LogP contribution is -2.59. The van der Waals surface area contributed by atoms with Crippen molar-refractivity contribution in [3.63, 3.8) is 0 Å². The molecule has 1 saturated heterocycles. The van der Waals surface area contributed by atoms with Gasteiger partial charge in [0.2, 0.25) is 11.8 Å². The van der Waals surface area contributed by atoms with Gasteiger partial charge in [-0.05, 0) is 54.8 Å². The van der Waals surface area contributed by atoms with Gasteiger partial charge in [0.25, 0.3) is 0 Å². The van der Waals surface area contributed by atoms with Gasteiger partial charge >= 0.3 is 6.03 Å². The third-order valence-electron chi connectivity index (χ3n) is 5.87. The number of halogens is 2. The number of carbonyl (C=O) groups is 3. The molecule has 2 heterocycles. The second-order valence-electron chi connectivity index (χ2n) is 7.95. The summed E-state index contributed by atoms with van der Waals surface area (Å²) in [7, 11) is 2.74. The van der Waals surface area contributed by atoms with E-state index in [1.807, 2.05) is 19.1 Å². The average molecular weight is 530 g/mol. The fourth-order valence-corrected chi connectivity index (χ4v) is 4.56. The number of aromatic nitrogens is 1. The molecule has 1 N–H and O–H groups in total. The van der Waals surface area contributed by atoms with E-state index in [2.05, 4.69) is 27.0 Å². The normalized spacial score (nSPS) is 15.8. The molecule has 0 bridgehead atoms. The Morgan fingerprint density at radius 2 is 1.70 bits per heavy atom. The molecule has 9 heteroatoms. The number of hydrogen-bond acceptors (Lipinski definition) is 4. The number of aliphatic imine (C=N–C) groups is 1. The number of barbiturate groups is 1. The summed E-state index contributed by atoms with van der Waals surface area (Å²) in [5, 5.41) is 1.63. The van der Waals surface area contributed by atoms with Crippen LogP contribution in [0.3, 0.4) is 0 Å². The first-order chi connectivity index (χ1) is 15.7. The summed E-state index contributed by atoms with van der Waals surface area (Å²) in [6.07, 6.45) is 0.610. The molecule has 1 aromatic heterocycles. The van der Waals surface area contributed by atoms with Gasteiger partial charge in [-0.3, -0.25) is 24.4 Å². The topological polar surface area (TPSA) is 85.8 Å². The molecule has 0 radical (unpaired) electrons. The Balaban J connectivity index is 1.72. The summed E-state index contributed by atoms with van der Waals surface area (Å²) >= 11 is 9.56. The summed E-state index contributed by atoms with van der Waals surface area (Å²) in [5.41, 5.74) is 4.14. The van der Waals surface area contributed by atoms with Crippen molar-refractivity contribution in [2.45, 2.75) is 13.3 Å². The van der Waals surface area contributed by atoms with Gasteiger partial charge in [0, 0.05) is 46.7 Å². The number of carbonyl (C=O) groups excluding carboxylic acids is 3. The molecule has 4 rings (SSSR count). The van der Waals surface area contributed by atoms with Gasteiger partial charge in [-0.1, -0.05) is 39.7 Å².